The summed E-state index contributed by atoms with van der Waals surface area (Å²) >= 11 is 0. The number of carbonyl (C=O) groups excluding carboxylic acids is 2. The number of nitrogens with zero attached hydrogens (tertiary/aromatic N) is 2. The van der Waals surface area contributed by atoms with E-state index in [1.54, 1.807) is 47.0 Å². The Hall–Kier alpha value is -3.53. The molecule has 1 N–H and O–H groups in total. The summed E-state index contributed by atoms with van der Waals surface area (Å²) < 4.78 is 38.7. The molecule has 0 saturated carbocycles. The van der Waals surface area contributed by atoms with Gasteiger partial charge in [-0.05, 0) is 37.0 Å². The van der Waals surface area contributed by atoms with Crippen LogP contribution in [0.25, 0.3) is 10.9 Å². The van der Waals surface area contributed by atoms with Gasteiger partial charge in [0.25, 0.3) is 0 Å². The molecule has 2 aliphatic rings. The Morgan fingerprint density at radius 1 is 1.06 bits per heavy atom. The first kappa shape index (κ1) is 23.2. The minimum absolute atomic E-state index is 0.0361. The zero-order valence-electron chi connectivity index (χ0n) is 19.4. The maximum atomic E-state index is 13.3. The number of piperidine rings is 1. The number of carbonyl (C=O) groups is 2. The number of aromatic nitrogens is 1. The van der Waals surface area contributed by atoms with Gasteiger partial charge in [-0.15, -0.1) is 0 Å². The SMILES string of the molecule is CC1CCN(C(=O)Cn2cc(S(=O)(=O)CC(=O)Nc3ccc4c(c3)OCO4)c3ccccc32)CC1. The second kappa shape index (κ2) is 9.26. The van der Waals surface area contributed by atoms with Crippen molar-refractivity contribution in [2.24, 2.45) is 5.92 Å². The third-order valence-electron chi connectivity index (χ3n) is 6.51. The first-order chi connectivity index (χ1) is 16.8. The van der Waals surface area contributed by atoms with Gasteiger partial charge < -0.3 is 24.3 Å². The molecule has 0 aliphatic carbocycles. The van der Waals surface area contributed by atoms with E-state index in [-0.39, 0.29) is 24.1 Å². The van der Waals surface area contributed by atoms with E-state index in [4.69, 9.17) is 9.47 Å². The molecule has 35 heavy (non-hydrogen) atoms. The Morgan fingerprint density at radius 3 is 2.60 bits per heavy atom. The van der Waals surface area contributed by atoms with Crippen molar-refractivity contribution in [1.82, 2.24) is 9.47 Å². The second-order valence-corrected chi connectivity index (χ2v) is 11.0. The Bertz CT molecular complexity index is 1390. The van der Waals surface area contributed by atoms with Gasteiger partial charge in [-0.2, -0.15) is 0 Å². The van der Waals surface area contributed by atoms with Crippen LogP contribution in [0.4, 0.5) is 5.69 Å². The van der Waals surface area contributed by atoms with Gasteiger partial charge in [-0.3, -0.25) is 9.59 Å². The quantitative estimate of drug-likeness (QED) is 0.561. The van der Waals surface area contributed by atoms with Crippen LogP contribution in [-0.2, 0) is 26.0 Å². The Balaban J connectivity index is 1.34. The van der Waals surface area contributed by atoms with E-state index in [0.29, 0.717) is 47.1 Å². The largest absolute Gasteiger partial charge is 0.454 e. The highest BCUT2D eigenvalue weighted by molar-refractivity contribution is 7.92. The summed E-state index contributed by atoms with van der Waals surface area (Å²) in [5, 5.41) is 3.10. The van der Waals surface area contributed by atoms with Crippen molar-refractivity contribution >= 4 is 38.2 Å². The number of anilines is 1. The normalized spacial score (nSPS) is 16.0. The molecule has 1 fully saturated rings. The van der Waals surface area contributed by atoms with Crippen molar-refractivity contribution in [3.8, 4) is 11.5 Å². The topological polar surface area (TPSA) is 107 Å². The summed E-state index contributed by atoms with van der Waals surface area (Å²) in [5.74, 6) is 0.222. The van der Waals surface area contributed by atoms with Crippen molar-refractivity contribution in [2.45, 2.75) is 31.2 Å². The van der Waals surface area contributed by atoms with Crippen LogP contribution in [0.1, 0.15) is 19.8 Å². The van der Waals surface area contributed by atoms with Gasteiger partial charge in [-0.1, -0.05) is 25.1 Å². The van der Waals surface area contributed by atoms with Crippen LogP contribution in [0.2, 0.25) is 0 Å². The van der Waals surface area contributed by atoms with E-state index in [2.05, 4.69) is 12.2 Å². The van der Waals surface area contributed by atoms with Crippen LogP contribution >= 0.6 is 0 Å². The third-order valence-corrected chi connectivity index (χ3v) is 8.14. The Morgan fingerprint density at radius 2 is 1.80 bits per heavy atom. The molecule has 2 amide bonds. The van der Waals surface area contributed by atoms with Gasteiger partial charge in [0.2, 0.25) is 18.6 Å². The lowest BCUT2D eigenvalue weighted by Gasteiger charge is -2.30. The smallest absolute Gasteiger partial charge is 0.242 e. The van der Waals surface area contributed by atoms with Crippen LogP contribution in [0.5, 0.6) is 11.5 Å². The summed E-state index contributed by atoms with van der Waals surface area (Å²) in [6, 6.07) is 11.9. The number of nitrogens with one attached hydrogen (secondary N) is 1. The second-order valence-electron chi connectivity index (χ2n) is 9.08. The van der Waals surface area contributed by atoms with Crippen molar-refractivity contribution in [3.63, 3.8) is 0 Å². The molecular weight excluding hydrogens is 470 g/mol. The lowest BCUT2D eigenvalue weighted by Crippen LogP contribution is -2.39. The Labute approximate surface area is 203 Å². The van der Waals surface area contributed by atoms with Gasteiger partial charge in [0.1, 0.15) is 12.3 Å². The number of benzene rings is 2. The van der Waals surface area contributed by atoms with Crippen LogP contribution in [0, 0.1) is 5.92 Å². The fourth-order valence-corrected chi connectivity index (χ4v) is 5.89. The average molecular weight is 498 g/mol. The molecule has 0 radical (unpaired) electrons. The number of sulfone groups is 1. The van der Waals surface area contributed by atoms with Crippen LogP contribution in [0.3, 0.4) is 0 Å². The number of amides is 2. The molecule has 0 atom stereocenters. The molecular formula is C25H27N3O6S. The summed E-state index contributed by atoms with van der Waals surface area (Å²) in [4.78, 5) is 27.4. The van der Waals surface area contributed by atoms with Crippen molar-refractivity contribution in [3.05, 3.63) is 48.7 Å². The molecule has 3 heterocycles. The predicted octanol–water partition coefficient (Wildman–Crippen LogP) is 3.04. The molecule has 2 aliphatic heterocycles. The number of hydrogen-bond donors (Lipinski definition) is 1. The van der Waals surface area contributed by atoms with Crippen LogP contribution in [0.15, 0.2) is 53.6 Å². The molecule has 184 valence electrons. The predicted molar refractivity (Wildman–Crippen MR) is 130 cm³/mol. The zero-order valence-corrected chi connectivity index (χ0v) is 20.2. The number of para-hydroxylation sites is 1. The van der Waals surface area contributed by atoms with Gasteiger partial charge in [0.15, 0.2) is 21.3 Å². The molecule has 0 spiro atoms. The highest BCUT2D eigenvalue weighted by Crippen LogP contribution is 2.34. The van der Waals surface area contributed by atoms with Crippen molar-refractivity contribution in [1.29, 1.82) is 0 Å². The molecule has 9 nitrogen and oxygen atoms in total. The number of fused-ring (bicyclic) bond motifs is 2. The summed E-state index contributed by atoms with van der Waals surface area (Å²) in [6.45, 7) is 3.76. The molecule has 3 aromatic rings. The van der Waals surface area contributed by atoms with Gasteiger partial charge in [0, 0.05) is 41.9 Å². The van der Waals surface area contributed by atoms with Gasteiger partial charge in [-0.25, -0.2) is 8.42 Å². The molecule has 2 aromatic carbocycles. The number of likely N-dealkylation sites (tertiary alicyclic amines) is 1. The molecule has 10 heteroatoms. The van der Waals surface area contributed by atoms with E-state index in [0.717, 1.165) is 12.8 Å². The number of hydrogen-bond acceptors (Lipinski definition) is 6. The maximum Gasteiger partial charge on any atom is 0.242 e. The van der Waals surface area contributed by atoms with Crippen LogP contribution < -0.4 is 14.8 Å². The highest BCUT2D eigenvalue weighted by atomic mass is 32.2. The molecule has 0 unspecified atom stereocenters. The van der Waals surface area contributed by atoms with E-state index < -0.39 is 21.5 Å². The lowest BCUT2D eigenvalue weighted by atomic mass is 9.99. The van der Waals surface area contributed by atoms with E-state index >= 15 is 0 Å². The van der Waals surface area contributed by atoms with Gasteiger partial charge >= 0.3 is 0 Å². The first-order valence-corrected chi connectivity index (χ1v) is 13.2. The first-order valence-electron chi connectivity index (χ1n) is 11.6. The summed E-state index contributed by atoms with van der Waals surface area (Å²) in [5.41, 5.74) is 1.05. The fraction of sp³-hybridized carbons (Fsp3) is 0.360. The number of rotatable bonds is 6. The minimum atomic E-state index is -3.98. The standard InChI is InChI=1S/C25H27N3O6S/c1-17-8-10-27(11-9-17)25(30)14-28-13-23(19-4-2-3-5-20(19)28)35(31,32)15-24(29)26-18-6-7-21-22(12-18)34-16-33-21/h2-7,12-13,17H,8-11,14-16H2,1H3,(H,26,29). The zero-order chi connectivity index (χ0) is 24.6. The molecule has 0 bridgehead atoms. The Kier molecular flexibility index (Phi) is 6.14. The summed E-state index contributed by atoms with van der Waals surface area (Å²) in [7, 11) is -3.98. The number of ether oxygens (including phenoxy) is 2. The van der Waals surface area contributed by atoms with Gasteiger partial charge in [0.05, 0.1) is 4.90 Å². The van der Waals surface area contributed by atoms with Crippen molar-refractivity contribution < 1.29 is 27.5 Å². The molecule has 1 saturated heterocycles. The average Bonchev–Trinajstić information content (AvgIpc) is 3.44. The van der Waals surface area contributed by atoms with Crippen LogP contribution in [-0.4, -0.2) is 55.3 Å². The highest BCUT2D eigenvalue weighted by Gasteiger charge is 2.27. The molecule has 1 aromatic heterocycles. The maximum absolute atomic E-state index is 13.3. The monoisotopic (exact) mass is 497 g/mol. The van der Waals surface area contributed by atoms with E-state index in [1.807, 2.05) is 4.90 Å². The summed E-state index contributed by atoms with van der Waals surface area (Å²) in [6.07, 6.45) is 3.41. The van der Waals surface area contributed by atoms with E-state index in [1.165, 1.54) is 6.20 Å². The van der Waals surface area contributed by atoms with E-state index in [9.17, 15) is 18.0 Å². The molecule has 5 rings (SSSR count). The third kappa shape index (κ3) is 4.84. The fourth-order valence-electron chi connectivity index (χ4n) is 4.52. The lowest BCUT2D eigenvalue weighted by molar-refractivity contribution is -0.133. The minimum Gasteiger partial charge on any atom is -0.454 e. The van der Waals surface area contributed by atoms with Crippen molar-refractivity contribution in [2.75, 3.05) is 31.0 Å².